The van der Waals surface area contributed by atoms with Gasteiger partial charge < -0.3 is 9.84 Å². The number of carbonyl (C=O) groups is 1. The zero-order valence-corrected chi connectivity index (χ0v) is 13.5. The first-order valence-corrected chi connectivity index (χ1v) is 8.38. The summed E-state index contributed by atoms with van der Waals surface area (Å²) in [6.45, 7) is 1.72. The van der Waals surface area contributed by atoms with E-state index in [1.807, 2.05) is 0 Å². The molecule has 1 heterocycles. The molecule has 2 N–H and O–H groups in total. The van der Waals surface area contributed by atoms with Crippen LogP contribution in [-0.4, -0.2) is 36.1 Å². The number of anilines is 1. The highest BCUT2D eigenvalue weighted by Gasteiger charge is 2.15. The lowest BCUT2D eigenvalue weighted by Gasteiger charge is -2.07. The standard InChI is InChI=1S/C15H15N3O5S/c1-2-23-15(20)13(19)8-11-9-14(17-10-16-11)18-24(21,22)12-6-4-3-5-7-12/h3-10,19H,2H2,1H3,(H,16,17,18)/b13-8-. The number of nitrogens with zero attached hydrogens (tertiary/aromatic N) is 2. The number of aliphatic hydroxyl groups is 1. The molecular formula is C15H15N3O5S. The second kappa shape index (κ2) is 7.55. The fraction of sp³-hybridized carbons (Fsp3) is 0.133. The Kier molecular flexibility index (Phi) is 5.48. The Morgan fingerprint density at radius 1 is 1.29 bits per heavy atom. The minimum absolute atomic E-state index is 0.00300. The largest absolute Gasteiger partial charge is 0.502 e. The summed E-state index contributed by atoms with van der Waals surface area (Å²) in [6.07, 6.45) is 2.16. The summed E-state index contributed by atoms with van der Waals surface area (Å²) in [6, 6.07) is 9.05. The van der Waals surface area contributed by atoms with Crippen LogP contribution in [0, 0.1) is 0 Å². The maximum Gasteiger partial charge on any atom is 0.373 e. The Morgan fingerprint density at radius 2 is 2.00 bits per heavy atom. The van der Waals surface area contributed by atoms with Crippen molar-refractivity contribution in [2.24, 2.45) is 0 Å². The van der Waals surface area contributed by atoms with Gasteiger partial charge in [0.1, 0.15) is 12.1 Å². The molecule has 0 aliphatic carbocycles. The highest BCUT2D eigenvalue weighted by molar-refractivity contribution is 7.92. The zero-order valence-electron chi connectivity index (χ0n) is 12.7. The van der Waals surface area contributed by atoms with E-state index in [1.165, 1.54) is 18.2 Å². The quantitative estimate of drug-likeness (QED) is 0.463. The molecule has 2 aromatic rings. The van der Waals surface area contributed by atoms with Gasteiger partial charge in [0.25, 0.3) is 10.0 Å². The van der Waals surface area contributed by atoms with Gasteiger partial charge in [0, 0.05) is 12.1 Å². The van der Waals surface area contributed by atoms with Crippen LogP contribution in [0.25, 0.3) is 6.08 Å². The van der Waals surface area contributed by atoms with Crippen molar-refractivity contribution in [1.29, 1.82) is 0 Å². The van der Waals surface area contributed by atoms with Gasteiger partial charge in [0.15, 0.2) is 0 Å². The van der Waals surface area contributed by atoms with Crippen molar-refractivity contribution in [3.8, 4) is 0 Å². The molecule has 0 unspecified atom stereocenters. The van der Waals surface area contributed by atoms with Crippen LogP contribution in [0.15, 0.2) is 53.4 Å². The van der Waals surface area contributed by atoms with Gasteiger partial charge in [-0.25, -0.2) is 23.2 Å². The van der Waals surface area contributed by atoms with Gasteiger partial charge in [-0.15, -0.1) is 0 Å². The molecule has 0 aliphatic rings. The number of aromatic nitrogens is 2. The number of esters is 1. The minimum Gasteiger partial charge on any atom is -0.502 e. The molecule has 0 spiro atoms. The molecule has 0 amide bonds. The molecule has 1 aromatic carbocycles. The van der Waals surface area contributed by atoms with E-state index in [1.54, 1.807) is 25.1 Å². The summed E-state index contributed by atoms with van der Waals surface area (Å²) in [5, 5.41) is 9.59. The Morgan fingerprint density at radius 3 is 2.67 bits per heavy atom. The third kappa shape index (κ3) is 4.53. The molecule has 8 nitrogen and oxygen atoms in total. The number of hydrogen-bond acceptors (Lipinski definition) is 7. The highest BCUT2D eigenvalue weighted by atomic mass is 32.2. The van der Waals surface area contributed by atoms with Crippen LogP contribution in [0.4, 0.5) is 5.82 Å². The van der Waals surface area contributed by atoms with Crippen molar-refractivity contribution in [2.45, 2.75) is 11.8 Å². The lowest BCUT2D eigenvalue weighted by atomic mass is 10.3. The summed E-state index contributed by atoms with van der Waals surface area (Å²) in [7, 11) is -3.80. The van der Waals surface area contributed by atoms with Crippen molar-refractivity contribution < 1.29 is 23.1 Å². The van der Waals surface area contributed by atoms with Crippen molar-refractivity contribution in [3.05, 3.63) is 54.2 Å². The fourth-order valence-corrected chi connectivity index (χ4v) is 2.73. The number of sulfonamides is 1. The van der Waals surface area contributed by atoms with Crippen molar-refractivity contribution in [1.82, 2.24) is 9.97 Å². The number of rotatable bonds is 6. The van der Waals surface area contributed by atoms with Crippen molar-refractivity contribution in [2.75, 3.05) is 11.3 Å². The number of nitrogens with one attached hydrogen (secondary N) is 1. The molecule has 2 rings (SSSR count). The number of benzene rings is 1. The van der Waals surface area contributed by atoms with Gasteiger partial charge in [-0.2, -0.15) is 0 Å². The van der Waals surface area contributed by atoms with E-state index in [2.05, 4.69) is 19.4 Å². The molecule has 0 aliphatic heterocycles. The molecule has 0 radical (unpaired) electrons. The third-order valence-electron chi connectivity index (χ3n) is 2.75. The molecule has 0 fully saturated rings. The molecule has 1 aromatic heterocycles. The Labute approximate surface area is 138 Å². The molecule has 24 heavy (non-hydrogen) atoms. The molecule has 9 heteroatoms. The molecule has 0 atom stereocenters. The molecule has 0 saturated carbocycles. The average molecular weight is 349 g/mol. The van der Waals surface area contributed by atoms with Gasteiger partial charge in [-0.3, -0.25) is 4.72 Å². The molecular weight excluding hydrogens is 334 g/mol. The highest BCUT2D eigenvalue weighted by Crippen LogP contribution is 2.15. The number of ether oxygens (including phenoxy) is 1. The second-order valence-electron chi connectivity index (χ2n) is 4.50. The summed E-state index contributed by atoms with van der Waals surface area (Å²) in [5.41, 5.74) is 0.140. The SMILES string of the molecule is CCOC(=O)/C(O)=C/c1cc(NS(=O)(=O)c2ccccc2)ncn1. The number of aliphatic hydroxyl groups excluding tert-OH is 1. The first-order chi connectivity index (χ1) is 11.4. The Bertz CT molecular complexity index is 850. The second-order valence-corrected chi connectivity index (χ2v) is 6.18. The smallest absolute Gasteiger partial charge is 0.373 e. The van der Waals surface area contributed by atoms with Gasteiger partial charge >= 0.3 is 5.97 Å². The van der Waals surface area contributed by atoms with E-state index >= 15 is 0 Å². The van der Waals surface area contributed by atoms with E-state index in [0.29, 0.717) is 0 Å². The van der Waals surface area contributed by atoms with Gasteiger partial charge in [-0.1, -0.05) is 18.2 Å². The third-order valence-corrected chi connectivity index (χ3v) is 4.12. The fourth-order valence-electron chi connectivity index (χ4n) is 1.71. The molecule has 126 valence electrons. The van der Waals surface area contributed by atoms with Crippen LogP contribution < -0.4 is 4.72 Å². The van der Waals surface area contributed by atoms with E-state index in [9.17, 15) is 18.3 Å². The van der Waals surface area contributed by atoms with E-state index < -0.39 is 21.8 Å². The normalized spacial score (nSPS) is 11.8. The van der Waals surface area contributed by atoms with E-state index in [4.69, 9.17) is 0 Å². The predicted molar refractivity (Wildman–Crippen MR) is 86.5 cm³/mol. The Balaban J connectivity index is 2.22. The topological polar surface area (TPSA) is 118 Å². The number of hydrogen-bond donors (Lipinski definition) is 2. The average Bonchev–Trinajstić information content (AvgIpc) is 2.56. The minimum atomic E-state index is -3.80. The molecule has 0 bridgehead atoms. The van der Waals surface area contributed by atoms with Crippen LogP contribution in [0.3, 0.4) is 0 Å². The van der Waals surface area contributed by atoms with Gasteiger partial charge in [-0.05, 0) is 19.1 Å². The predicted octanol–water partition coefficient (Wildman–Crippen LogP) is 1.74. The van der Waals surface area contributed by atoms with Crippen molar-refractivity contribution in [3.63, 3.8) is 0 Å². The summed E-state index contributed by atoms with van der Waals surface area (Å²) >= 11 is 0. The first-order valence-electron chi connectivity index (χ1n) is 6.90. The maximum atomic E-state index is 12.2. The van der Waals surface area contributed by atoms with Gasteiger partial charge in [0.05, 0.1) is 17.2 Å². The maximum absolute atomic E-state index is 12.2. The lowest BCUT2D eigenvalue weighted by molar-refractivity contribution is -0.141. The first kappa shape index (κ1) is 17.4. The van der Waals surface area contributed by atoms with Crippen LogP contribution in [0.5, 0.6) is 0 Å². The van der Waals surface area contributed by atoms with E-state index in [-0.39, 0.29) is 23.0 Å². The van der Waals surface area contributed by atoms with Crippen LogP contribution in [-0.2, 0) is 19.6 Å². The van der Waals surface area contributed by atoms with Crippen molar-refractivity contribution >= 4 is 27.9 Å². The van der Waals surface area contributed by atoms with E-state index in [0.717, 1.165) is 12.4 Å². The summed E-state index contributed by atoms with van der Waals surface area (Å²) < 4.78 is 31.4. The summed E-state index contributed by atoms with van der Waals surface area (Å²) in [5.74, 6) is -1.55. The zero-order chi connectivity index (χ0) is 17.6. The van der Waals surface area contributed by atoms with Gasteiger partial charge in [0.2, 0.25) is 5.76 Å². The Hall–Kier alpha value is -2.94. The van der Waals surface area contributed by atoms with Crippen LogP contribution >= 0.6 is 0 Å². The lowest BCUT2D eigenvalue weighted by Crippen LogP contribution is -2.14. The van der Waals surface area contributed by atoms with Crippen LogP contribution in [0.1, 0.15) is 12.6 Å². The van der Waals surface area contributed by atoms with Crippen LogP contribution in [0.2, 0.25) is 0 Å². The summed E-state index contributed by atoms with van der Waals surface area (Å²) in [4.78, 5) is 19.1. The molecule has 0 saturated heterocycles. The monoisotopic (exact) mass is 349 g/mol. The number of carbonyl (C=O) groups excluding carboxylic acids is 1.